The third-order valence-electron chi connectivity index (χ3n) is 8.51. The predicted molar refractivity (Wildman–Crippen MR) is 205 cm³/mol. The number of hydrogen-bond donors (Lipinski definition) is 1. The third kappa shape index (κ3) is 6.86. The van der Waals surface area contributed by atoms with E-state index < -0.39 is 10.0 Å². The van der Waals surface area contributed by atoms with Crippen LogP contribution in [0, 0.1) is 0 Å². The molecule has 0 unspecified atom stereocenters. The van der Waals surface area contributed by atoms with Gasteiger partial charge in [-0.15, -0.1) is 11.3 Å². The van der Waals surface area contributed by atoms with Gasteiger partial charge in [-0.25, -0.2) is 13.6 Å². The van der Waals surface area contributed by atoms with Crippen molar-refractivity contribution in [1.82, 2.24) is 0 Å². The normalized spacial score (nSPS) is 14.6. The lowest BCUT2D eigenvalue weighted by Crippen LogP contribution is -2.35. The fourth-order valence-electron chi connectivity index (χ4n) is 6.11. The fourth-order valence-corrected chi connectivity index (χ4v) is 10.6. The lowest BCUT2D eigenvalue weighted by atomic mass is 10.0. The average molecular weight is 715 g/mol. The van der Waals surface area contributed by atoms with Crippen LogP contribution in [0.15, 0.2) is 104 Å². The number of sulfonamides is 1. The van der Waals surface area contributed by atoms with Gasteiger partial charge >= 0.3 is 0 Å². The predicted octanol–water partition coefficient (Wildman–Crippen LogP) is 10.1. The summed E-state index contributed by atoms with van der Waals surface area (Å²) in [6, 6.07) is 24.4. The number of thiazole rings is 1. The highest BCUT2D eigenvalue weighted by atomic mass is 32.2. The van der Waals surface area contributed by atoms with E-state index in [9.17, 15) is 8.42 Å². The number of rotatable bonds is 11. The Morgan fingerprint density at radius 3 is 2.62 bits per heavy atom. The molecule has 0 aliphatic carbocycles. The number of primary sulfonamides is 1. The van der Waals surface area contributed by atoms with Crippen molar-refractivity contribution in [2.75, 3.05) is 17.2 Å². The molecule has 0 saturated heterocycles. The smallest absolute Gasteiger partial charge is 0.263 e. The number of unbranched alkanes of at least 4 members (excludes halogenated alkanes) is 1. The number of hydrogen-bond acceptors (Lipinski definition) is 7. The second kappa shape index (κ2) is 13.7. The molecule has 3 aromatic carbocycles. The third-order valence-corrected chi connectivity index (χ3v) is 13.2. The van der Waals surface area contributed by atoms with E-state index in [1.54, 1.807) is 34.0 Å². The van der Waals surface area contributed by atoms with Crippen molar-refractivity contribution in [2.24, 2.45) is 5.14 Å². The molecule has 0 spiro atoms. The SMILES string of the molecule is CCC(/C=C1\Sc2ccc(-c3ccsc3)cc2N1CC)=C\c1sc2ccc(-c3cccc4ccsc34)cc2[n+]1CCCCS(N)(=O)=O. The highest BCUT2D eigenvalue weighted by molar-refractivity contribution is 8.03. The molecule has 7 rings (SSSR count). The molecular weight excluding hydrogens is 679 g/mol. The average Bonchev–Trinajstić information content (AvgIpc) is 3.87. The van der Waals surface area contributed by atoms with Crippen molar-refractivity contribution >= 4 is 87.9 Å². The van der Waals surface area contributed by atoms with Crippen LogP contribution in [0.5, 0.6) is 0 Å². The van der Waals surface area contributed by atoms with Gasteiger partial charge in [0, 0.05) is 34.7 Å². The van der Waals surface area contributed by atoms with E-state index in [0.717, 1.165) is 19.4 Å². The van der Waals surface area contributed by atoms with Crippen molar-refractivity contribution < 1.29 is 13.0 Å². The fraction of sp³-hybridized carbons (Fsp3) is 0.216. The Balaban J connectivity index is 1.26. The quantitative estimate of drug-likeness (QED) is 0.107. The number of nitrogens with zero attached hydrogens (tertiary/aromatic N) is 2. The second-order valence-electron chi connectivity index (χ2n) is 11.6. The van der Waals surface area contributed by atoms with Gasteiger partial charge in [0.05, 0.1) is 16.5 Å². The van der Waals surface area contributed by atoms with Gasteiger partial charge in [0.25, 0.3) is 5.01 Å². The maximum atomic E-state index is 11.7. The Morgan fingerprint density at radius 2 is 1.83 bits per heavy atom. The van der Waals surface area contributed by atoms with Crippen LogP contribution in [0.2, 0.25) is 0 Å². The largest absolute Gasteiger partial charge is 0.335 e. The summed E-state index contributed by atoms with van der Waals surface area (Å²) in [5, 5.41) is 15.5. The molecule has 6 aromatic rings. The molecule has 3 aromatic heterocycles. The Morgan fingerprint density at radius 1 is 0.957 bits per heavy atom. The monoisotopic (exact) mass is 714 g/mol. The van der Waals surface area contributed by atoms with Gasteiger partial charge in [-0.3, -0.25) is 0 Å². The summed E-state index contributed by atoms with van der Waals surface area (Å²) in [6.07, 6.45) is 6.81. The van der Waals surface area contributed by atoms with E-state index in [1.807, 2.05) is 11.8 Å². The van der Waals surface area contributed by atoms with Crippen LogP contribution in [0.1, 0.15) is 38.1 Å². The minimum Gasteiger partial charge on any atom is -0.335 e. The zero-order valence-electron chi connectivity index (χ0n) is 26.3. The Bertz CT molecular complexity index is 2240. The molecule has 240 valence electrons. The van der Waals surface area contributed by atoms with Gasteiger partial charge in [-0.1, -0.05) is 60.4 Å². The lowest BCUT2D eigenvalue weighted by Gasteiger charge is -2.19. The summed E-state index contributed by atoms with van der Waals surface area (Å²) < 4.78 is 28.2. The summed E-state index contributed by atoms with van der Waals surface area (Å²) in [5.74, 6) is -0.00249. The second-order valence-corrected chi connectivity index (χ2v) is 17.1. The highest BCUT2D eigenvalue weighted by Crippen LogP contribution is 2.48. The molecule has 0 atom stereocenters. The number of aromatic nitrogens is 1. The van der Waals surface area contributed by atoms with Crippen molar-refractivity contribution in [3.63, 3.8) is 0 Å². The van der Waals surface area contributed by atoms with E-state index in [1.165, 1.54) is 68.7 Å². The summed E-state index contributed by atoms with van der Waals surface area (Å²) >= 11 is 7.12. The number of thioether (sulfide) groups is 1. The molecule has 4 heterocycles. The number of nitrogens with two attached hydrogens (primary N) is 1. The first-order chi connectivity index (χ1) is 22.8. The number of aryl methyl sites for hydroxylation is 1. The van der Waals surface area contributed by atoms with Crippen LogP contribution in [0.25, 0.3) is 48.6 Å². The molecule has 0 bridgehead atoms. The van der Waals surface area contributed by atoms with Crippen molar-refractivity contribution in [1.29, 1.82) is 0 Å². The molecule has 47 heavy (non-hydrogen) atoms. The molecule has 0 saturated carbocycles. The van der Waals surface area contributed by atoms with E-state index >= 15 is 0 Å². The zero-order chi connectivity index (χ0) is 32.5. The molecule has 2 N–H and O–H groups in total. The van der Waals surface area contributed by atoms with E-state index in [0.29, 0.717) is 13.0 Å². The molecule has 10 heteroatoms. The Labute approximate surface area is 292 Å². The van der Waals surface area contributed by atoms with Gasteiger partial charge < -0.3 is 4.90 Å². The topological polar surface area (TPSA) is 67.3 Å². The standard InChI is InChI=1S/C37H36N3O2S5/c1-3-25(20-35-39(4-2)31-22-27(10-12-33(31)45-35)29-14-17-43-24-29)21-36-40(16-5-6-19-47(38,41)42)32-23-28(11-13-34(32)46-36)30-9-7-8-26-15-18-44-37(26)30/h7-15,17-18,20-24H,3-6,16,19H2,1-2H3,(H2,38,41,42)/q+1. The van der Waals surface area contributed by atoms with Gasteiger partial charge in [0.15, 0.2) is 6.54 Å². The summed E-state index contributed by atoms with van der Waals surface area (Å²) in [6.45, 7) is 6.03. The maximum absolute atomic E-state index is 11.7. The zero-order valence-corrected chi connectivity index (χ0v) is 30.4. The minimum atomic E-state index is -3.49. The molecular formula is C37H36N3O2S5+. The number of benzene rings is 3. The van der Waals surface area contributed by atoms with Gasteiger partial charge in [0.2, 0.25) is 15.5 Å². The first kappa shape index (κ1) is 32.3. The van der Waals surface area contributed by atoms with E-state index in [4.69, 9.17) is 5.14 Å². The van der Waals surface area contributed by atoms with Crippen molar-refractivity contribution in [3.05, 3.63) is 105 Å². The number of allylic oxidation sites excluding steroid dienone is 2. The van der Waals surface area contributed by atoms with Gasteiger partial charge in [0.1, 0.15) is 4.70 Å². The lowest BCUT2D eigenvalue weighted by molar-refractivity contribution is -0.669. The van der Waals surface area contributed by atoms with E-state index in [2.05, 4.69) is 118 Å². The first-order valence-electron chi connectivity index (χ1n) is 15.8. The molecule has 1 aliphatic heterocycles. The van der Waals surface area contributed by atoms with Crippen LogP contribution in [-0.4, -0.2) is 20.7 Å². The molecule has 0 radical (unpaired) electrons. The molecule has 5 nitrogen and oxygen atoms in total. The van der Waals surface area contributed by atoms with Gasteiger partial charge in [-0.05, 0) is 106 Å². The number of thiophene rings is 2. The van der Waals surface area contributed by atoms with E-state index in [-0.39, 0.29) is 5.75 Å². The summed E-state index contributed by atoms with van der Waals surface area (Å²) in [5.41, 5.74) is 8.63. The molecule has 1 aliphatic rings. The van der Waals surface area contributed by atoms with Crippen LogP contribution < -0.4 is 14.6 Å². The minimum absolute atomic E-state index is 0.00249. The van der Waals surface area contributed by atoms with Gasteiger partial charge in [-0.2, -0.15) is 15.9 Å². The Kier molecular flexibility index (Phi) is 9.42. The Hall–Kier alpha value is -3.25. The van der Waals surface area contributed by atoms with Crippen molar-refractivity contribution in [3.8, 4) is 22.3 Å². The summed E-state index contributed by atoms with van der Waals surface area (Å²) in [7, 11) is -3.49. The molecule has 0 fully saturated rings. The highest BCUT2D eigenvalue weighted by Gasteiger charge is 2.26. The van der Waals surface area contributed by atoms with Crippen LogP contribution in [-0.2, 0) is 16.6 Å². The maximum Gasteiger partial charge on any atom is 0.263 e. The number of fused-ring (bicyclic) bond motifs is 3. The first-order valence-corrected chi connectivity index (χ1v) is 21.0. The van der Waals surface area contributed by atoms with Crippen LogP contribution >= 0.6 is 45.8 Å². The van der Waals surface area contributed by atoms with Crippen LogP contribution in [0.4, 0.5) is 5.69 Å². The number of anilines is 1. The van der Waals surface area contributed by atoms with Crippen LogP contribution in [0.3, 0.4) is 0 Å². The summed E-state index contributed by atoms with van der Waals surface area (Å²) in [4.78, 5) is 3.70. The van der Waals surface area contributed by atoms with Crippen molar-refractivity contribution in [2.45, 2.75) is 44.6 Å². The molecule has 0 amide bonds.